The minimum absolute atomic E-state index is 0.00760. The van der Waals surface area contributed by atoms with Crippen molar-refractivity contribution in [1.29, 1.82) is 5.26 Å². The molecule has 0 atom stereocenters. The second kappa shape index (κ2) is 5.59. The van der Waals surface area contributed by atoms with E-state index in [2.05, 4.69) is 70.2 Å². The predicted molar refractivity (Wildman–Crippen MR) is 117 cm³/mol. The lowest BCUT2D eigenvalue weighted by atomic mass is 9.83. The maximum absolute atomic E-state index is 9.18. The van der Waals surface area contributed by atoms with Gasteiger partial charge in [0, 0.05) is 21.7 Å². The normalized spacial score (nSPS) is 12.2. The second-order valence-electron chi connectivity index (χ2n) is 8.64. The summed E-state index contributed by atoms with van der Waals surface area (Å²) in [6, 6.07) is 21.0. The van der Waals surface area contributed by atoms with Crippen LogP contribution in [0.3, 0.4) is 0 Å². The summed E-state index contributed by atoms with van der Waals surface area (Å²) in [7, 11) is 0. The zero-order valence-corrected chi connectivity index (χ0v) is 16.6. The van der Waals surface area contributed by atoms with Crippen LogP contribution in [0.15, 0.2) is 59.0 Å². The van der Waals surface area contributed by atoms with Crippen molar-refractivity contribution in [2.24, 2.45) is 0 Å². The molecule has 0 radical (unpaired) electrons. The molecule has 0 aliphatic heterocycles. The van der Waals surface area contributed by atoms with Gasteiger partial charge in [-0.25, -0.2) is 0 Å². The number of nitrogens with zero attached hydrogens (tertiary/aromatic N) is 1. The number of fused-ring (bicyclic) bond motifs is 7. The molecular formula is C26H21NO. The molecule has 0 unspecified atom stereocenters. The van der Waals surface area contributed by atoms with Crippen LogP contribution in [0.25, 0.3) is 43.5 Å². The van der Waals surface area contributed by atoms with Crippen molar-refractivity contribution in [2.75, 3.05) is 0 Å². The molecule has 0 fully saturated rings. The highest BCUT2D eigenvalue weighted by Crippen LogP contribution is 2.41. The Bertz CT molecular complexity index is 1460. The van der Waals surface area contributed by atoms with Crippen LogP contribution in [-0.2, 0) is 5.41 Å². The minimum Gasteiger partial charge on any atom is -0.455 e. The Balaban J connectivity index is 1.94. The van der Waals surface area contributed by atoms with Crippen molar-refractivity contribution in [2.45, 2.75) is 33.1 Å². The Kier molecular flexibility index (Phi) is 3.36. The Morgan fingerprint density at radius 3 is 2.11 bits per heavy atom. The number of nitriles is 1. The maximum Gasteiger partial charge on any atom is 0.143 e. The molecule has 28 heavy (non-hydrogen) atoms. The monoisotopic (exact) mass is 363 g/mol. The number of benzene rings is 4. The summed E-state index contributed by atoms with van der Waals surface area (Å²) in [4.78, 5) is 0. The minimum atomic E-state index is 0.00760. The van der Waals surface area contributed by atoms with Crippen molar-refractivity contribution >= 4 is 43.5 Å². The molecule has 2 nitrogen and oxygen atoms in total. The molecule has 1 aromatic heterocycles. The Labute approximate surface area is 164 Å². The van der Waals surface area contributed by atoms with Gasteiger partial charge in [-0.3, -0.25) is 0 Å². The van der Waals surface area contributed by atoms with Gasteiger partial charge in [0.15, 0.2) is 0 Å². The summed E-state index contributed by atoms with van der Waals surface area (Å²) < 4.78 is 6.55. The zero-order valence-electron chi connectivity index (χ0n) is 16.6. The van der Waals surface area contributed by atoms with Crippen LogP contribution in [0.1, 0.15) is 37.5 Å². The standard InChI is InChI=1S/C26H21NO/c1-15-5-8-22-21-12-11-19-18-9-6-16(14-27)13-17(18)7-10-20(19)24(21)28-25(22)23(15)26(2,3)4/h5-13H,1-4H3. The molecule has 136 valence electrons. The van der Waals surface area contributed by atoms with E-state index < -0.39 is 0 Å². The topological polar surface area (TPSA) is 36.9 Å². The van der Waals surface area contributed by atoms with Crippen molar-refractivity contribution in [3.05, 3.63) is 71.3 Å². The fraction of sp³-hybridized carbons (Fsp3) is 0.192. The number of aryl methyl sites for hydroxylation is 1. The number of hydrogen-bond acceptors (Lipinski definition) is 2. The molecule has 0 bridgehead atoms. The van der Waals surface area contributed by atoms with Gasteiger partial charge in [0.1, 0.15) is 11.2 Å². The highest BCUT2D eigenvalue weighted by molar-refractivity contribution is 6.20. The van der Waals surface area contributed by atoms with Crippen LogP contribution < -0.4 is 0 Å². The molecule has 1 heterocycles. The molecule has 0 spiro atoms. The summed E-state index contributed by atoms with van der Waals surface area (Å²) in [5.41, 5.74) is 5.16. The third-order valence-electron chi connectivity index (χ3n) is 5.71. The average molecular weight is 363 g/mol. The molecule has 0 aliphatic rings. The summed E-state index contributed by atoms with van der Waals surface area (Å²) in [6.07, 6.45) is 0. The van der Waals surface area contributed by atoms with Crippen molar-refractivity contribution in [3.8, 4) is 6.07 Å². The van der Waals surface area contributed by atoms with E-state index in [0.29, 0.717) is 5.56 Å². The molecule has 0 saturated heterocycles. The highest BCUT2D eigenvalue weighted by Gasteiger charge is 2.23. The molecule has 0 aliphatic carbocycles. The van der Waals surface area contributed by atoms with Gasteiger partial charge < -0.3 is 4.42 Å². The fourth-order valence-corrected chi connectivity index (χ4v) is 4.54. The summed E-state index contributed by atoms with van der Waals surface area (Å²) in [5, 5.41) is 16.0. The van der Waals surface area contributed by atoms with Gasteiger partial charge >= 0.3 is 0 Å². The highest BCUT2D eigenvalue weighted by atomic mass is 16.3. The van der Waals surface area contributed by atoms with Crippen LogP contribution in [0, 0.1) is 18.3 Å². The van der Waals surface area contributed by atoms with Gasteiger partial charge in [0.2, 0.25) is 0 Å². The lowest BCUT2D eigenvalue weighted by molar-refractivity contribution is 0.570. The second-order valence-corrected chi connectivity index (χ2v) is 8.64. The van der Waals surface area contributed by atoms with Crippen molar-refractivity contribution in [3.63, 3.8) is 0 Å². The number of furan rings is 1. The Morgan fingerprint density at radius 2 is 1.36 bits per heavy atom. The average Bonchev–Trinajstić information content (AvgIpc) is 3.04. The smallest absolute Gasteiger partial charge is 0.143 e. The summed E-state index contributed by atoms with van der Waals surface area (Å²) in [6.45, 7) is 8.87. The first-order valence-electron chi connectivity index (χ1n) is 9.60. The molecule has 4 aromatic carbocycles. The summed E-state index contributed by atoms with van der Waals surface area (Å²) >= 11 is 0. The predicted octanol–water partition coefficient (Wildman–Crippen LogP) is 7.37. The quantitative estimate of drug-likeness (QED) is 0.269. The van der Waals surface area contributed by atoms with Gasteiger partial charge in [-0.1, -0.05) is 51.1 Å². The van der Waals surface area contributed by atoms with Gasteiger partial charge in [-0.15, -0.1) is 0 Å². The van der Waals surface area contributed by atoms with E-state index in [1.54, 1.807) is 0 Å². The van der Waals surface area contributed by atoms with E-state index in [-0.39, 0.29) is 5.41 Å². The van der Waals surface area contributed by atoms with Crippen molar-refractivity contribution < 1.29 is 4.42 Å². The maximum atomic E-state index is 9.18. The molecular weight excluding hydrogens is 342 g/mol. The molecule has 0 N–H and O–H groups in total. The number of rotatable bonds is 0. The van der Waals surface area contributed by atoms with Gasteiger partial charge in [-0.2, -0.15) is 5.26 Å². The van der Waals surface area contributed by atoms with E-state index in [9.17, 15) is 5.26 Å². The SMILES string of the molecule is Cc1ccc2c(oc3c2ccc2c4ccc(C#N)cc4ccc23)c1C(C)(C)C. The third kappa shape index (κ3) is 2.26. The first-order chi connectivity index (χ1) is 13.4. The van der Waals surface area contributed by atoms with Crippen LogP contribution >= 0.6 is 0 Å². The molecule has 0 amide bonds. The van der Waals surface area contributed by atoms with E-state index in [1.165, 1.54) is 16.5 Å². The lowest BCUT2D eigenvalue weighted by Crippen LogP contribution is -2.13. The van der Waals surface area contributed by atoms with Gasteiger partial charge in [0.05, 0.1) is 11.6 Å². The van der Waals surface area contributed by atoms with Gasteiger partial charge in [-0.05, 0) is 58.3 Å². The van der Waals surface area contributed by atoms with Crippen LogP contribution in [-0.4, -0.2) is 0 Å². The molecule has 5 aromatic rings. The van der Waals surface area contributed by atoms with Crippen LogP contribution in [0.4, 0.5) is 0 Å². The fourth-order valence-electron chi connectivity index (χ4n) is 4.54. The number of hydrogen-bond donors (Lipinski definition) is 0. The molecule has 2 heteroatoms. The van der Waals surface area contributed by atoms with E-state index >= 15 is 0 Å². The van der Waals surface area contributed by atoms with E-state index in [0.717, 1.165) is 38.1 Å². The first-order valence-corrected chi connectivity index (χ1v) is 9.60. The Morgan fingerprint density at radius 1 is 0.750 bits per heavy atom. The van der Waals surface area contributed by atoms with Crippen LogP contribution in [0.5, 0.6) is 0 Å². The van der Waals surface area contributed by atoms with Gasteiger partial charge in [0.25, 0.3) is 0 Å². The lowest BCUT2D eigenvalue weighted by Gasteiger charge is -2.21. The largest absolute Gasteiger partial charge is 0.455 e. The molecule has 5 rings (SSSR count). The zero-order chi connectivity index (χ0) is 19.6. The van der Waals surface area contributed by atoms with E-state index in [1.807, 2.05) is 18.2 Å². The third-order valence-corrected chi connectivity index (χ3v) is 5.71. The molecule has 0 saturated carbocycles. The Hall–Kier alpha value is -3.31. The van der Waals surface area contributed by atoms with Crippen molar-refractivity contribution in [1.82, 2.24) is 0 Å². The summed E-state index contributed by atoms with van der Waals surface area (Å²) in [5.74, 6) is 0. The van der Waals surface area contributed by atoms with E-state index in [4.69, 9.17) is 4.42 Å². The van der Waals surface area contributed by atoms with Crippen LogP contribution in [0.2, 0.25) is 0 Å². The first kappa shape index (κ1) is 16.8.